The van der Waals surface area contributed by atoms with Crippen molar-refractivity contribution in [2.45, 2.75) is 31.6 Å². The predicted molar refractivity (Wildman–Crippen MR) is 93.9 cm³/mol. The van der Waals surface area contributed by atoms with E-state index < -0.39 is 11.7 Å². The lowest BCUT2D eigenvalue weighted by atomic mass is 10.1. The molecule has 1 fully saturated rings. The van der Waals surface area contributed by atoms with Gasteiger partial charge in [-0.2, -0.15) is 13.2 Å². The molecule has 1 aliphatic carbocycles. The topological polar surface area (TPSA) is 38.8 Å². The lowest BCUT2D eigenvalue weighted by molar-refractivity contribution is -0.138. The standard InChI is InChI=1S/C20H20F3NO3/c1-26-17-10-7-13(11-18(17)27-2)19(25)24(15-8-9-15)12-14-5-3-4-6-16(14)20(21,22)23/h3-7,10-11,15H,8-9,12H2,1-2H3. The molecule has 144 valence electrons. The van der Waals surface area contributed by atoms with Crippen LogP contribution in [0.3, 0.4) is 0 Å². The average Bonchev–Trinajstić information content (AvgIpc) is 3.49. The lowest BCUT2D eigenvalue weighted by Crippen LogP contribution is -2.33. The van der Waals surface area contributed by atoms with Crippen LogP contribution < -0.4 is 9.47 Å². The van der Waals surface area contributed by atoms with Crippen LogP contribution in [-0.4, -0.2) is 31.1 Å². The maximum atomic E-state index is 13.3. The van der Waals surface area contributed by atoms with Crippen LogP contribution in [0.15, 0.2) is 42.5 Å². The maximum Gasteiger partial charge on any atom is 0.416 e. The summed E-state index contributed by atoms with van der Waals surface area (Å²) in [6.07, 6.45) is -2.89. The molecule has 0 radical (unpaired) electrons. The van der Waals surface area contributed by atoms with Crippen LogP contribution in [0.2, 0.25) is 0 Å². The summed E-state index contributed by atoms with van der Waals surface area (Å²) in [5.74, 6) is 0.555. The first-order chi connectivity index (χ1) is 12.8. The molecule has 0 aromatic heterocycles. The summed E-state index contributed by atoms with van der Waals surface area (Å²) in [5.41, 5.74) is -0.273. The fourth-order valence-electron chi connectivity index (χ4n) is 3.01. The van der Waals surface area contributed by atoms with Crippen molar-refractivity contribution >= 4 is 5.91 Å². The minimum atomic E-state index is -4.46. The van der Waals surface area contributed by atoms with E-state index in [1.54, 1.807) is 24.3 Å². The van der Waals surface area contributed by atoms with Crippen LogP contribution in [0.25, 0.3) is 0 Å². The number of rotatable bonds is 6. The molecule has 4 nitrogen and oxygen atoms in total. The van der Waals surface area contributed by atoms with Crippen LogP contribution in [-0.2, 0) is 12.7 Å². The Hall–Kier alpha value is -2.70. The van der Waals surface area contributed by atoms with E-state index in [-0.39, 0.29) is 24.1 Å². The number of carbonyl (C=O) groups is 1. The fourth-order valence-corrected chi connectivity index (χ4v) is 3.01. The zero-order valence-corrected chi connectivity index (χ0v) is 15.0. The number of benzene rings is 2. The first-order valence-corrected chi connectivity index (χ1v) is 8.53. The first-order valence-electron chi connectivity index (χ1n) is 8.53. The van der Waals surface area contributed by atoms with Gasteiger partial charge in [0.15, 0.2) is 11.5 Å². The number of halogens is 3. The van der Waals surface area contributed by atoms with E-state index in [0.29, 0.717) is 17.1 Å². The molecule has 1 saturated carbocycles. The van der Waals surface area contributed by atoms with Gasteiger partial charge in [0.25, 0.3) is 5.91 Å². The summed E-state index contributed by atoms with van der Waals surface area (Å²) < 4.78 is 50.2. The SMILES string of the molecule is COc1ccc(C(=O)N(Cc2ccccc2C(F)(F)F)C2CC2)cc1OC. The highest BCUT2D eigenvalue weighted by Gasteiger charge is 2.37. The van der Waals surface area contributed by atoms with E-state index in [0.717, 1.165) is 18.9 Å². The van der Waals surface area contributed by atoms with E-state index in [1.807, 2.05) is 0 Å². The second-order valence-corrected chi connectivity index (χ2v) is 6.39. The second-order valence-electron chi connectivity index (χ2n) is 6.39. The molecule has 0 bridgehead atoms. The molecule has 0 spiro atoms. The predicted octanol–water partition coefficient (Wildman–Crippen LogP) is 4.53. The van der Waals surface area contributed by atoms with E-state index in [2.05, 4.69) is 0 Å². The number of ether oxygens (including phenoxy) is 2. The minimum Gasteiger partial charge on any atom is -0.493 e. The molecule has 7 heteroatoms. The Balaban J connectivity index is 1.91. The molecule has 0 unspecified atom stereocenters. The quantitative estimate of drug-likeness (QED) is 0.740. The van der Waals surface area contributed by atoms with E-state index in [4.69, 9.17) is 9.47 Å². The van der Waals surface area contributed by atoms with Gasteiger partial charge in [-0.15, -0.1) is 0 Å². The van der Waals surface area contributed by atoms with Crippen LogP contribution in [0.4, 0.5) is 13.2 Å². The van der Waals surface area contributed by atoms with Gasteiger partial charge >= 0.3 is 6.18 Å². The van der Waals surface area contributed by atoms with Gasteiger partial charge in [0.1, 0.15) is 0 Å². The highest BCUT2D eigenvalue weighted by molar-refractivity contribution is 5.95. The van der Waals surface area contributed by atoms with Crippen molar-refractivity contribution in [1.82, 2.24) is 4.90 Å². The van der Waals surface area contributed by atoms with E-state index in [9.17, 15) is 18.0 Å². The Morgan fingerprint density at radius 1 is 1.07 bits per heavy atom. The Kier molecular flexibility index (Phi) is 5.30. The van der Waals surface area contributed by atoms with Gasteiger partial charge in [-0.25, -0.2) is 0 Å². The maximum absolute atomic E-state index is 13.3. The van der Waals surface area contributed by atoms with Gasteiger partial charge in [0.05, 0.1) is 19.8 Å². The molecule has 0 atom stereocenters. The molecule has 3 rings (SSSR count). The third-order valence-electron chi connectivity index (χ3n) is 4.54. The Labute approximate surface area is 155 Å². The highest BCUT2D eigenvalue weighted by Crippen LogP contribution is 2.36. The normalized spacial score (nSPS) is 14.0. The van der Waals surface area contributed by atoms with Crippen LogP contribution >= 0.6 is 0 Å². The summed E-state index contributed by atoms with van der Waals surface area (Å²) in [6.45, 7) is -0.0898. The molecule has 0 saturated heterocycles. The number of hydrogen-bond donors (Lipinski definition) is 0. The summed E-state index contributed by atoms with van der Waals surface area (Å²) in [6, 6.07) is 10.1. The van der Waals surface area contributed by atoms with Gasteiger partial charge < -0.3 is 14.4 Å². The zero-order valence-electron chi connectivity index (χ0n) is 15.0. The molecule has 27 heavy (non-hydrogen) atoms. The Morgan fingerprint density at radius 3 is 2.33 bits per heavy atom. The lowest BCUT2D eigenvalue weighted by Gasteiger charge is -2.25. The van der Waals surface area contributed by atoms with Crippen molar-refractivity contribution in [2.75, 3.05) is 14.2 Å². The minimum absolute atomic E-state index is 0.0492. The largest absolute Gasteiger partial charge is 0.493 e. The molecular formula is C20H20F3NO3. The van der Waals surface area contributed by atoms with Crippen molar-refractivity contribution < 1.29 is 27.4 Å². The summed E-state index contributed by atoms with van der Waals surface area (Å²) in [4.78, 5) is 14.5. The molecule has 1 amide bonds. The number of nitrogens with zero attached hydrogens (tertiary/aromatic N) is 1. The third-order valence-corrected chi connectivity index (χ3v) is 4.54. The Morgan fingerprint density at radius 2 is 1.74 bits per heavy atom. The molecule has 2 aromatic rings. The first kappa shape index (κ1) is 19.1. The third kappa shape index (κ3) is 4.18. The molecule has 0 aliphatic heterocycles. The molecule has 0 heterocycles. The van der Waals surface area contributed by atoms with Crippen LogP contribution in [0.1, 0.15) is 34.3 Å². The zero-order chi connectivity index (χ0) is 19.6. The van der Waals surface area contributed by atoms with Crippen molar-refractivity contribution in [2.24, 2.45) is 0 Å². The van der Waals surface area contributed by atoms with Crippen molar-refractivity contribution in [3.8, 4) is 11.5 Å². The van der Waals surface area contributed by atoms with Gasteiger partial charge in [0.2, 0.25) is 0 Å². The van der Waals surface area contributed by atoms with Crippen LogP contribution in [0, 0.1) is 0 Å². The smallest absolute Gasteiger partial charge is 0.416 e. The van der Waals surface area contributed by atoms with Crippen molar-refractivity contribution in [3.63, 3.8) is 0 Å². The molecule has 1 aliphatic rings. The van der Waals surface area contributed by atoms with Crippen LogP contribution in [0.5, 0.6) is 11.5 Å². The summed E-state index contributed by atoms with van der Waals surface area (Å²) in [7, 11) is 2.95. The number of carbonyl (C=O) groups excluding carboxylic acids is 1. The molecule has 2 aromatic carbocycles. The van der Waals surface area contributed by atoms with Crippen molar-refractivity contribution in [3.05, 3.63) is 59.2 Å². The van der Waals surface area contributed by atoms with Gasteiger partial charge in [-0.3, -0.25) is 4.79 Å². The molecule has 0 N–H and O–H groups in total. The van der Waals surface area contributed by atoms with Gasteiger partial charge in [0, 0.05) is 18.2 Å². The molecular weight excluding hydrogens is 359 g/mol. The number of alkyl halides is 3. The van der Waals surface area contributed by atoms with Crippen molar-refractivity contribution in [1.29, 1.82) is 0 Å². The number of hydrogen-bond acceptors (Lipinski definition) is 3. The fraction of sp³-hybridized carbons (Fsp3) is 0.350. The van der Waals surface area contributed by atoms with Gasteiger partial charge in [-0.05, 0) is 42.7 Å². The van der Waals surface area contributed by atoms with E-state index in [1.165, 1.54) is 31.3 Å². The number of methoxy groups -OCH3 is 2. The number of amides is 1. The Bertz CT molecular complexity index is 831. The van der Waals surface area contributed by atoms with Gasteiger partial charge in [-0.1, -0.05) is 18.2 Å². The highest BCUT2D eigenvalue weighted by atomic mass is 19.4. The van der Waals surface area contributed by atoms with E-state index >= 15 is 0 Å². The summed E-state index contributed by atoms with van der Waals surface area (Å²) >= 11 is 0. The summed E-state index contributed by atoms with van der Waals surface area (Å²) in [5, 5.41) is 0. The average molecular weight is 379 g/mol. The monoisotopic (exact) mass is 379 g/mol. The second kappa shape index (κ2) is 7.50.